The van der Waals surface area contributed by atoms with Gasteiger partial charge in [-0.25, -0.2) is 4.39 Å². The van der Waals surface area contributed by atoms with Crippen LogP contribution in [0.25, 0.3) is 0 Å². The van der Waals surface area contributed by atoms with Crippen LogP contribution >= 0.6 is 11.8 Å². The van der Waals surface area contributed by atoms with Gasteiger partial charge in [0, 0.05) is 41.4 Å². The number of nitrogens with zero attached hydrogens (tertiary/aromatic N) is 1. The molecule has 1 aromatic rings. The van der Waals surface area contributed by atoms with Crippen molar-refractivity contribution in [2.75, 3.05) is 30.8 Å². The summed E-state index contributed by atoms with van der Waals surface area (Å²) < 4.78 is 14.2. The van der Waals surface area contributed by atoms with E-state index in [-0.39, 0.29) is 10.6 Å². The van der Waals surface area contributed by atoms with Gasteiger partial charge in [0.25, 0.3) is 0 Å². The van der Waals surface area contributed by atoms with Gasteiger partial charge in [-0.15, -0.1) is 0 Å². The highest BCUT2D eigenvalue weighted by atomic mass is 32.2. The molecule has 18 heavy (non-hydrogen) atoms. The summed E-state index contributed by atoms with van der Waals surface area (Å²) in [6.07, 6.45) is 0. The summed E-state index contributed by atoms with van der Waals surface area (Å²) in [7, 11) is 1.85. The van der Waals surface area contributed by atoms with Crippen molar-refractivity contribution in [1.82, 2.24) is 5.32 Å². The summed E-state index contributed by atoms with van der Waals surface area (Å²) in [5.74, 6) is 0.987. The van der Waals surface area contributed by atoms with Crippen LogP contribution in [0.3, 0.4) is 0 Å². The zero-order valence-electron chi connectivity index (χ0n) is 11.3. The van der Waals surface area contributed by atoms with Crippen molar-refractivity contribution in [3.63, 3.8) is 0 Å². The van der Waals surface area contributed by atoms with E-state index in [9.17, 15) is 4.39 Å². The van der Waals surface area contributed by atoms with Crippen LogP contribution in [0.5, 0.6) is 0 Å². The average molecular weight is 268 g/mol. The predicted molar refractivity (Wildman–Crippen MR) is 77.9 cm³/mol. The lowest BCUT2D eigenvalue weighted by molar-refractivity contribution is 0.593. The Morgan fingerprint density at radius 3 is 2.89 bits per heavy atom. The summed E-state index contributed by atoms with van der Waals surface area (Å²) in [6.45, 7) is 7.04. The van der Waals surface area contributed by atoms with Gasteiger partial charge in [-0.05, 0) is 33.0 Å². The Morgan fingerprint density at radius 2 is 2.22 bits per heavy atom. The molecular formula is C14H21FN2S. The zero-order valence-corrected chi connectivity index (χ0v) is 12.1. The molecule has 0 saturated carbocycles. The number of rotatable bonds is 3. The van der Waals surface area contributed by atoms with E-state index in [1.54, 1.807) is 12.1 Å². The molecular weight excluding hydrogens is 247 g/mol. The summed E-state index contributed by atoms with van der Waals surface area (Å²) in [4.78, 5) is 2.31. The Hall–Kier alpha value is -0.740. The maximum atomic E-state index is 13.9. The highest BCUT2D eigenvalue weighted by Gasteiger charge is 2.28. The molecule has 2 rings (SSSR count). The van der Waals surface area contributed by atoms with Crippen LogP contribution in [0.1, 0.15) is 19.4 Å². The van der Waals surface area contributed by atoms with Crippen molar-refractivity contribution in [2.24, 2.45) is 0 Å². The molecule has 0 atom stereocenters. The Balaban J connectivity index is 2.29. The number of halogens is 1. The van der Waals surface area contributed by atoms with Gasteiger partial charge < -0.3 is 10.2 Å². The van der Waals surface area contributed by atoms with E-state index >= 15 is 0 Å². The third-order valence-corrected chi connectivity index (χ3v) is 4.51. The summed E-state index contributed by atoms with van der Waals surface area (Å²) >= 11 is 1.99. The molecule has 1 N–H and O–H groups in total. The first-order valence-corrected chi connectivity index (χ1v) is 7.33. The second-order valence-electron chi connectivity index (χ2n) is 5.30. The molecule has 0 aliphatic carbocycles. The van der Waals surface area contributed by atoms with E-state index in [0.717, 1.165) is 30.1 Å². The Kier molecular flexibility index (Phi) is 4.17. The van der Waals surface area contributed by atoms with E-state index in [1.165, 1.54) is 0 Å². The first-order chi connectivity index (χ1) is 8.53. The molecule has 1 aliphatic rings. The summed E-state index contributed by atoms with van der Waals surface area (Å²) in [6, 6.07) is 5.38. The minimum Gasteiger partial charge on any atom is -0.369 e. The van der Waals surface area contributed by atoms with Crippen molar-refractivity contribution in [3.8, 4) is 0 Å². The number of thioether (sulfide) groups is 1. The topological polar surface area (TPSA) is 15.3 Å². The van der Waals surface area contributed by atoms with Crippen LogP contribution in [0, 0.1) is 5.82 Å². The largest absolute Gasteiger partial charge is 0.369 e. The standard InChI is InChI=1S/C14H21FN2S/c1-14(2)10-17(7-8-18-14)13-6-4-5-12(15)11(13)9-16-3/h4-6,16H,7-10H2,1-3H3. The lowest BCUT2D eigenvalue weighted by atomic mass is 10.1. The van der Waals surface area contributed by atoms with Crippen LogP contribution in [0.4, 0.5) is 10.1 Å². The number of anilines is 1. The van der Waals surface area contributed by atoms with E-state index in [0.29, 0.717) is 6.54 Å². The quantitative estimate of drug-likeness (QED) is 0.907. The molecule has 1 fully saturated rings. The average Bonchev–Trinajstić information content (AvgIpc) is 2.30. The molecule has 1 aliphatic heterocycles. The third kappa shape index (κ3) is 2.98. The molecule has 0 spiro atoms. The SMILES string of the molecule is CNCc1c(F)cccc1N1CCSC(C)(C)C1. The normalized spacial score (nSPS) is 19.0. The lowest BCUT2D eigenvalue weighted by Gasteiger charge is -2.39. The summed E-state index contributed by atoms with van der Waals surface area (Å²) in [5, 5.41) is 3.05. The number of nitrogens with one attached hydrogen (secondary N) is 1. The van der Waals surface area contributed by atoms with Crippen molar-refractivity contribution >= 4 is 17.4 Å². The van der Waals surface area contributed by atoms with Crippen LogP contribution in [-0.4, -0.2) is 30.6 Å². The third-order valence-electron chi connectivity index (χ3n) is 3.21. The smallest absolute Gasteiger partial charge is 0.129 e. The fourth-order valence-corrected chi connectivity index (χ4v) is 3.53. The van der Waals surface area contributed by atoms with Crippen molar-refractivity contribution < 1.29 is 4.39 Å². The van der Waals surface area contributed by atoms with Gasteiger partial charge in [0.15, 0.2) is 0 Å². The first kappa shape index (κ1) is 13.7. The van der Waals surface area contributed by atoms with Crippen molar-refractivity contribution in [2.45, 2.75) is 25.1 Å². The second-order valence-corrected chi connectivity index (χ2v) is 7.10. The maximum Gasteiger partial charge on any atom is 0.129 e. The van der Waals surface area contributed by atoms with Crippen LogP contribution in [0.15, 0.2) is 18.2 Å². The van der Waals surface area contributed by atoms with Gasteiger partial charge in [-0.2, -0.15) is 11.8 Å². The number of benzene rings is 1. The van der Waals surface area contributed by atoms with E-state index in [2.05, 4.69) is 24.1 Å². The second kappa shape index (κ2) is 5.49. The van der Waals surface area contributed by atoms with Crippen LogP contribution < -0.4 is 10.2 Å². The van der Waals surface area contributed by atoms with Gasteiger partial charge in [-0.1, -0.05) is 6.07 Å². The molecule has 0 radical (unpaired) electrons. The molecule has 0 unspecified atom stereocenters. The van der Waals surface area contributed by atoms with E-state index in [1.807, 2.05) is 24.9 Å². The molecule has 4 heteroatoms. The lowest BCUT2D eigenvalue weighted by Crippen LogP contribution is -2.43. The fourth-order valence-electron chi connectivity index (χ4n) is 2.42. The highest BCUT2D eigenvalue weighted by molar-refractivity contribution is 8.00. The van der Waals surface area contributed by atoms with Gasteiger partial charge in [0.2, 0.25) is 0 Å². The molecule has 1 heterocycles. The Morgan fingerprint density at radius 1 is 1.44 bits per heavy atom. The number of hydrogen-bond acceptors (Lipinski definition) is 3. The minimum absolute atomic E-state index is 0.113. The monoisotopic (exact) mass is 268 g/mol. The van der Waals surface area contributed by atoms with Gasteiger partial charge >= 0.3 is 0 Å². The Labute approximate surface area is 113 Å². The molecule has 0 bridgehead atoms. The van der Waals surface area contributed by atoms with Crippen LogP contribution in [0.2, 0.25) is 0 Å². The first-order valence-electron chi connectivity index (χ1n) is 6.34. The molecule has 2 nitrogen and oxygen atoms in total. The molecule has 100 valence electrons. The fraction of sp³-hybridized carbons (Fsp3) is 0.571. The molecule has 1 aromatic carbocycles. The molecule has 1 saturated heterocycles. The molecule has 0 amide bonds. The number of hydrogen-bond donors (Lipinski definition) is 1. The van der Waals surface area contributed by atoms with Crippen LogP contribution in [-0.2, 0) is 6.54 Å². The molecule has 0 aromatic heterocycles. The maximum absolute atomic E-state index is 13.9. The Bertz CT molecular complexity index is 420. The van der Waals surface area contributed by atoms with Crippen molar-refractivity contribution in [3.05, 3.63) is 29.6 Å². The van der Waals surface area contributed by atoms with Gasteiger partial charge in [-0.3, -0.25) is 0 Å². The predicted octanol–water partition coefficient (Wildman–Crippen LogP) is 2.88. The van der Waals surface area contributed by atoms with E-state index < -0.39 is 0 Å². The van der Waals surface area contributed by atoms with Gasteiger partial charge in [0.05, 0.1) is 0 Å². The van der Waals surface area contributed by atoms with Gasteiger partial charge in [0.1, 0.15) is 5.82 Å². The zero-order chi connectivity index (χ0) is 13.2. The highest BCUT2D eigenvalue weighted by Crippen LogP contribution is 2.34. The minimum atomic E-state index is -0.113. The summed E-state index contributed by atoms with van der Waals surface area (Å²) in [5.41, 5.74) is 1.82. The van der Waals surface area contributed by atoms with Crippen molar-refractivity contribution in [1.29, 1.82) is 0 Å². The van der Waals surface area contributed by atoms with E-state index in [4.69, 9.17) is 0 Å².